The second-order valence-corrected chi connectivity index (χ2v) is 8.42. The number of rotatable bonds is 7. The van der Waals surface area contributed by atoms with E-state index in [0.29, 0.717) is 35.2 Å². The maximum Gasteiger partial charge on any atom is 0.293 e. The third-order valence-corrected chi connectivity index (χ3v) is 6.15. The van der Waals surface area contributed by atoms with Gasteiger partial charge in [0.15, 0.2) is 0 Å². The monoisotopic (exact) mass is 449 g/mol. The summed E-state index contributed by atoms with van der Waals surface area (Å²) in [5.41, 5.74) is 2.84. The summed E-state index contributed by atoms with van der Waals surface area (Å²) in [7, 11) is 0. The van der Waals surface area contributed by atoms with Crippen molar-refractivity contribution >= 4 is 40.6 Å². The van der Waals surface area contributed by atoms with Crippen LogP contribution >= 0.6 is 23.4 Å². The predicted octanol–water partition coefficient (Wildman–Crippen LogP) is 6.20. The first kappa shape index (κ1) is 21.2. The van der Waals surface area contributed by atoms with Crippen LogP contribution in [0.25, 0.3) is 6.08 Å². The molecule has 31 heavy (non-hydrogen) atoms. The van der Waals surface area contributed by atoms with Crippen LogP contribution in [0.5, 0.6) is 5.75 Å². The molecular formula is C25H20ClNO3S. The summed E-state index contributed by atoms with van der Waals surface area (Å²) in [5, 5.41) is 0.439. The van der Waals surface area contributed by atoms with Crippen LogP contribution in [0.15, 0.2) is 83.8 Å². The molecule has 0 N–H and O–H groups in total. The molecule has 0 radical (unpaired) electrons. The fraction of sp³-hybridized carbons (Fsp3) is 0.120. The van der Waals surface area contributed by atoms with E-state index in [0.717, 1.165) is 28.5 Å². The Kier molecular flexibility index (Phi) is 6.75. The van der Waals surface area contributed by atoms with E-state index in [1.165, 1.54) is 4.90 Å². The first-order chi connectivity index (χ1) is 15.1. The molecule has 1 aliphatic heterocycles. The SMILES string of the molecule is O=C1S/C(=C\c2ccc(OCc3ccccc3Cl)cc2)C(=O)N1CCc1ccccc1. The van der Waals surface area contributed by atoms with Crippen LogP contribution in [-0.2, 0) is 17.8 Å². The number of nitrogens with zero attached hydrogens (tertiary/aromatic N) is 1. The maximum absolute atomic E-state index is 12.7. The maximum atomic E-state index is 12.7. The molecule has 4 nitrogen and oxygen atoms in total. The minimum Gasteiger partial charge on any atom is -0.489 e. The number of carbonyl (C=O) groups is 2. The Morgan fingerprint density at radius 1 is 0.903 bits per heavy atom. The molecule has 0 unspecified atom stereocenters. The second-order valence-electron chi connectivity index (χ2n) is 7.02. The molecule has 0 aliphatic carbocycles. The Morgan fingerprint density at radius 2 is 1.61 bits per heavy atom. The largest absolute Gasteiger partial charge is 0.489 e. The lowest BCUT2D eigenvalue weighted by Gasteiger charge is -2.12. The van der Waals surface area contributed by atoms with Crippen molar-refractivity contribution < 1.29 is 14.3 Å². The van der Waals surface area contributed by atoms with Gasteiger partial charge in [0.25, 0.3) is 11.1 Å². The second kappa shape index (κ2) is 9.86. The minimum atomic E-state index is -0.245. The van der Waals surface area contributed by atoms with Crippen LogP contribution in [0.4, 0.5) is 4.79 Å². The smallest absolute Gasteiger partial charge is 0.293 e. The zero-order valence-corrected chi connectivity index (χ0v) is 18.2. The van der Waals surface area contributed by atoms with Crippen molar-refractivity contribution in [2.24, 2.45) is 0 Å². The Morgan fingerprint density at radius 3 is 2.35 bits per heavy atom. The van der Waals surface area contributed by atoms with Gasteiger partial charge in [0, 0.05) is 17.1 Å². The van der Waals surface area contributed by atoms with Crippen molar-refractivity contribution in [3.8, 4) is 5.75 Å². The Balaban J connectivity index is 1.37. The van der Waals surface area contributed by atoms with E-state index in [-0.39, 0.29) is 11.1 Å². The summed E-state index contributed by atoms with van der Waals surface area (Å²) in [6.45, 7) is 0.750. The van der Waals surface area contributed by atoms with E-state index in [1.54, 1.807) is 6.08 Å². The highest BCUT2D eigenvalue weighted by Gasteiger charge is 2.34. The Bertz CT molecular complexity index is 1110. The molecule has 1 heterocycles. The van der Waals surface area contributed by atoms with Crippen LogP contribution < -0.4 is 4.74 Å². The number of benzene rings is 3. The van der Waals surface area contributed by atoms with Gasteiger partial charge in [-0.15, -0.1) is 0 Å². The highest BCUT2D eigenvalue weighted by atomic mass is 35.5. The standard InChI is InChI=1S/C25H20ClNO3S/c26-22-9-5-4-8-20(22)17-30-21-12-10-19(11-13-21)16-23-24(28)27(25(29)31-23)15-14-18-6-2-1-3-7-18/h1-13,16H,14-15,17H2/b23-16-. The molecule has 6 heteroatoms. The fourth-order valence-corrected chi connectivity index (χ4v) is 4.22. The number of thioether (sulfide) groups is 1. The zero-order chi connectivity index (χ0) is 21.6. The number of ether oxygens (including phenoxy) is 1. The number of amides is 2. The summed E-state index contributed by atoms with van der Waals surface area (Å²) >= 11 is 7.13. The van der Waals surface area contributed by atoms with Crippen molar-refractivity contribution in [3.63, 3.8) is 0 Å². The topological polar surface area (TPSA) is 46.6 Å². The zero-order valence-electron chi connectivity index (χ0n) is 16.7. The molecule has 1 fully saturated rings. The number of halogens is 1. The molecule has 0 bridgehead atoms. The molecule has 4 rings (SSSR count). The lowest BCUT2D eigenvalue weighted by molar-refractivity contribution is -0.122. The molecule has 0 aromatic heterocycles. The molecule has 2 amide bonds. The molecular weight excluding hydrogens is 430 g/mol. The fourth-order valence-electron chi connectivity index (χ4n) is 3.17. The van der Waals surface area contributed by atoms with Gasteiger partial charge in [-0.3, -0.25) is 14.5 Å². The van der Waals surface area contributed by atoms with Crippen LogP contribution in [0, 0.1) is 0 Å². The summed E-state index contributed by atoms with van der Waals surface area (Å²) in [6, 6.07) is 24.8. The van der Waals surface area contributed by atoms with E-state index in [9.17, 15) is 9.59 Å². The quantitative estimate of drug-likeness (QED) is 0.403. The molecule has 3 aromatic rings. The van der Waals surface area contributed by atoms with Crippen LogP contribution in [0.3, 0.4) is 0 Å². The van der Waals surface area contributed by atoms with Crippen LogP contribution in [-0.4, -0.2) is 22.6 Å². The van der Waals surface area contributed by atoms with E-state index >= 15 is 0 Å². The lowest BCUT2D eigenvalue weighted by Crippen LogP contribution is -2.30. The first-order valence-electron chi connectivity index (χ1n) is 9.86. The number of hydrogen-bond acceptors (Lipinski definition) is 4. The molecule has 0 atom stereocenters. The molecule has 1 aliphatic rings. The van der Waals surface area contributed by atoms with Gasteiger partial charge in [0.2, 0.25) is 0 Å². The van der Waals surface area contributed by atoms with E-state index in [1.807, 2.05) is 78.9 Å². The Hall–Kier alpha value is -3.02. The average Bonchev–Trinajstić information content (AvgIpc) is 3.05. The highest BCUT2D eigenvalue weighted by Crippen LogP contribution is 2.32. The molecule has 1 saturated heterocycles. The van der Waals surface area contributed by atoms with Gasteiger partial charge in [0.05, 0.1) is 4.91 Å². The van der Waals surface area contributed by atoms with E-state index in [2.05, 4.69) is 0 Å². The van der Waals surface area contributed by atoms with Gasteiger partial charge in [-0.25, -0.2) is 0 Å². The van der Waals surface area contributed by atoms with Crippen LogP contribution in [0.1, 0.15) is 16.7 Å². The van der Waals surface area contributed by atoms with Crippen molar-refractivity contribution in [2.45, 2.75) is 13.0 Å². The normalized spacial score (nSPS) is 15.0. The van der Waals surface area contributed by atoms with Gasteiger partial charge in [-0.2, -0.15) is 0 Å². The van der Waals surface area contributed by atoms with Gasteiger partial charge < -0.3 is 4.74 Å². The Labute approximate surface area is 190 Å². The van der Waals surface area contributed by atoms with Gasteiger partial charge in [0.1, 0.15) is 12.4 Å². The third kappa shape index (κ3) is 5.37. The van der Waals surface area contributed by atoms with Crippen LogP contribution in [0.2, 0.25) is 5.02 Å². The third-order valence-electron chi connectivity index (χ3n) is 4.87. The van der Waals surface area contributed by atoms with Gasteiger partial charge in [-0.1, -0.05) is 72.3 Å². The lowest BCUT2D eigenvalue weighted by atomic mass is 10.1. The first-order valence-corrected chi connectivity index (χ1v) is 11.1. The van der Waals surface area contributed by atoms with Gasteiger partial charge in [-0.05, 0) is 53.6 Å². The van der Waals surface area contributed by atoms with Crippen molar-refractivity contribution in [3.05, 3.63) is 105 Å². The summed E-state index contributed by atoms with van der Waals surface area (Å²) in [5.74, 6) is 0.456. The summed E-state index contributed by atoms with van der Waals surface area (Å²) in [6.07, 6.45) is 2.38. The number of hydrogen-bond donors (Lipinski definition) is 0. The number of imide groups is 1. The van der Waals surface area contributed by atoms with E-state index < -0.39 is 0 Å². The van der Waals surface area contributed by atoms with Gasteiger partial charge >= 0.3 is 0 Å². The molecule has 0 spiro atoms. The molecule has 0 saturated carbocycles. The average molecular weight is 450 g/mol. The minimum absolute atomic E-state index is 0.230. The van der Waals surface area contributed by atoms with Crippen molar-refractivity contribution in [1.82, 2.24) is 4.90 Å². The molecule has 156 valence electrons. The summed E-state index contributed by atoms with van der Waals surface area (Å²) in [4.78, 5) is 26.7. The van der Waals surface area contributed by atoms with Crippen molar-refractivity contribution in [2.75, 3.05) is 6.54 Å². The van der Waals surface area contributed by atoms with Crippen molar-refractivity contribution in [1.29, 1.82) is 0 Å². The predicted molar refractivity (Wildman–Crippen MR) is 125 cm³/mol. The molecule has 3 aromatic carbocycles. The highest BCUT2D eigenvalue weighted by molar-refractivity contribution is 8.18. The van der Waals surface area contributed by atoms with E-state index in [4.69, 9.17) is 16.3 Å². The number of carbonyl (C=O) groups excluding carboxylic acids is 2. The summed E-state index contributed by atoms with van der Waals surface area (Å²) < 4.78 is 5.79.